The average molecular weight is 279 g/mol. The molecule has 0 amide bonds. The molecule has 0 spiro atoms. The van der Waals surface area contributed by atoms with Crippen LogP contribution in [0.3, 0.4) is 0 Å². The van der Waals surface area contributed by atoms with E-state index in [1.807, 2.05) is 18.2 Å². The molecule has 5 heteroatoms. The van der Waals surface area contributed by atoms with Crippen LogP contribution in [0.4, 0.5) is 5.69 Å². The second kappa shape index (κ2) is 5.52. The molecule has 2 N–H and O–H groups in total. The Labute approximate surface area is 115 Å². The summed E-state index contributed by atoms with van der Waals surface area (Å²) in [6, 6.07) is 7.21. The molecule has 3 nitrogen and oxygen atoms in total. The Morgan fingerprint density at radius 3 is 2.83 bits per heavy atom. The van der Waals surface area contributed by atoms with Crippen LogP contribution in [0.25, 0.3) is 16.8 Å². The van der Waals surface area contributed by atoms with Crippen LogP contribution in [0.15, 0.2) is 40.4 Å². The van der Waals surface area contributed by atoms with Crippen molar-refractivity contribution < 1.29 is 0 Å². The van der Waals surface area contributed by atoms with Crippen molar-refractivity contribution in [3.05, 3.63) is 45.8 Å². The molecule has 2 rings (SSSR count). The van der Waals surface area contributed by atoms with E-state index in [-0.39, 0.29) is 0 Å². The van der Waals surface area contributed by atoms with Gasteiger partial charge in [-0.1, -0.05) is 29.8 Å². The minimum absolute atomic E-state index is 0.329. The fourth-order valence-electron chi connectivity index (χ4n) is 1.75. The maximum absolute atomic E-state index is 10.9. The van der Waals surface area contributed by atoms with Gasteiger partial charge in [-0.05, 0) is 34.3 Å². The van der Waals surface area contributed by atoms with Crippen molar-refractivity contribution >= 4 is 46.8 Å². The van der Waals surface area contributed by atoms with Gasteiger partial charge in [0.05, 0.1) is 0 Å². The highest BCUT2D eigenvalue weighted by Crippen LogP contribution is 2.35. The number of thiol groups is 1. The molecule has 92 valence electrons. The Bertz CT molecular complexity index is 640. The fourth-order valence-corrected chi connectivity index (χ4v) is 2.22. The Balaban J connectivity index is 2.74. The number of benzene rings is 2. The monoisotopic (exact) mass is 278 g/mol. The van der Waals surface area contributed by atoms with Crippen molar-refractivity contribution in [2.45, 2.75) is 4.90 Å². The first kappa shape index (κ1) is 13.1. The van der Waals surface area contributed by atoms with Gasteiger partial charge in [-0.3, -0.25) is 0 Å². The smallest absolute Gasteiger partial charge is 0.129 e. The molecule has 0 saturated heterocycles. The molecular weight excluding hydrogens is 268 g/mol. The molecule has 0 aliphatic rings. The number of nitrogens with zero attached hydrogens (tertiary/aromatic N) is 1. The Morgan fingerprint density at radius 1 is 1.39 bits per heavy atom. The molecule has 2 aromatic rings. The molecule has 0 heterocycles. The normalized spacial score (nSPS) is 11.3. The van der Waals surface area contributed by atoms with E-state index in [0.717, 1.165) is 16.3 Å². The van der Waals surface area contributed by atoms with Crippen molar-refractivity contribution in [1.29, 1.82) is 0 Å². The number of halogens is 1. The van der Waals surface area contributed by atoms with Crippen molar-refractivity contribution in [2.75, 3.05) is 6.54 Å². The number of hydrogen-bond acceptors (Lipinski definition) is 4. The second-order valence-electron chi connectivity index (χ2n) is 3.76. The average Bonchev–Trinajstić information content (AvgIpc) is 2.37. The Hall–Kier alpha value is -1.36. The third kappa shape index (κ3) is 2.41. The number of rotatable bonds is 3. The highest BCUT2D eigenvalue weighted by molar-refractivity contribution is 7.80. The number of fused-ring (bicyclic) bond motifs is 1. The molecule has 0 aromatic heterocycles. The van der Waals surface area contributed by atoms with Crippen LogP contribution in [-0.2, 0) is 0 Å². The minimum Gasteiger partial charge on any atom is -0.327 e. The van der Waals surface area contributed by atoms with E-state index in [4.69, 9.17) is 17.3 Å². The fraction of sp³-hybridized carbons (Fsp3) is 0.0769. The first-order chi connectivity index (χ1) is 8.67. The van der Waals surface area contributed by atoms with Crippen LogP contribution in [0.2, 0.25) is 5.02 Å². The molecule has 18 heavy (non-hydrogen) atoms. The molecule has 0 bridgehead atoms. The Morgan fingerprint density at radius 2 is 2.17 bits per heavy atom. The van der Waals surface area contributed by atoms with Gasteiger partial charge in [-0.15, -0.1) is 17.5 Å². The third-order valence-corrected chi connectivity index (χ3v) is 3.30. The maximum atomic E-state index is 10.9. The van der Waals surface area contributed by atoms with Crippen LogP contribution in [0.1, 0.15) is 5.56 Å². The van der Waals surface area contributed by atoms with Crippen molar-refractivity contribution in [2.24, 2.45) is 10.9 Å². The summed E-state index contributed by atoms with van der Waals surface area (Å²) in [4.78, 5) is 11.4. The summed E-state index contributed by atoms with van der Waals surface area (Å²) in [7, 11) is 0. The lowest BCUT2D eigenvalue weighted by molar-refractivity contribution is 1.26. The standard InChI is InChI=1S/C13H11ClN2OS/c14-11-7-8-3-4-12(18)13(16-17)10(8)6-9(11)2-1-5-15/h1-4,6-7,18H,5,15H2. The molecule has 2 aromatic carbocycles. The van der Waals surface area contributed by atoms with E-state index in [1.54, 1.807) is 18.2 Å². The van der Waals surface area contributed by atoms with Gasteiger partial charge in [0.2, 0.25) is 0 Å². The van der Waals surface area contributed by atoms with Gasteiger partial charge < -0.3 is 5.73 Å². The van der Waals surface area contributed by atoms with E-state index in [1.165, 1.54) is 0 Å². The highest BCUT2D eigenvalue weighted by atomic mass is 35.5. The predicted molar refractivity (Wildman–Crippen MR) is 79.8 cm³/mol. The SMILES string of the molecule is NCC=Cc1cc2c(N=O)c(S)ccc2cc1Cl. The maximum Gasteiger partial charge on any atom is 0.129 e. The summed E-state index contributed by atoms with van der Waals surface area (Å²) in [6.07, 6.45) is 3.62. The van der Waals surface area contributed by atoms with Gasteiger partial charge in [-0.25, -0.2) is 0 Å². The molecule has 0 atom stereocenters. The summed E-state index contributed by atoms with van der Waals surface area (Å²) in [5.41, 5.74) is 6.54. The molecule has 0 aliphatic carbocycles. The van der Waals surface area contributed by atoms with Gasteiger partial charge in [0.25, 0.3) is 0 Å². The predicted octanol–water partition coefficient (Wildman–Crippen LogP) is 4.15. The van der Waals surface area contributed by atoms with E-state index in [0.29, 0.717) is 22.2 Å². The van der Waals surface area contributed by atoms with E-state index >= 15 is 0 Å². The quantitative estimate of drug-likeness (QED) is 0.654. The van der Waals surface area contributed by atoms with Crippen molar-refractivity contribution in [3.8, 4) is 0 Å². The molecule has 0 unspecified atom stereocenters. The van der Waals surface area contributed by atoms with Crippen molar-refractivity contribution in [1.82, 2.24) is 0 Å². The molecular formula is C13H11ClN2OS. The van der Waals surface area contributed by atoms with Crippen molar-refractivity contribution in [3.63, 3.8) is 0 Å². The van der Waals surface area contributed by atoms with Gasteiger partial charge in [0.1, 0.15) is 5.69 Å². The van der Waals surface area contributed by atoms with Gasteiger partial charge in [-0.2, -0.15) is 0 Å². The highest BCUT2D eigenvalue weighted by Gasteiger charge is 2.08. The van der Waals surface area contributed by atoms with E-state index in [9.17, 15) is 4.91 Å². The van der Waals surface area contributed by atoms with Crippen LogP contribution in [0, 0.1) is 4.91 Å². The summed E-state index contributed by atoms with van der Waals surface area (Å²) in [5.74, 6) is 0. The minimum atomic E-state index is 0.329. The molecule has 0 saturated carbocycles. The zero-order chi connectivity index (χ0) is 13.1. The zero-order valence-corrected chi connectivity index (χ0v) is 11.1. The lowest BCUT2D eigenvalue weighted by Crippen LogP contribution is -1.92. The first-order valence-corrected chi connectivity index (χ1v) is 6.15. The molecule has 0 fully saturated rings. The summed E-state index contributed by atoms with van der Waals surface area (Å²) < 4.78 is 0. The second-order valence-corrected chi connectivity index (χ2v) is 4.65. The molecule has 0 radical (unpaired) electrons. The van der Waals surface area contributed by atoms with Crippen LogP contribution >= 0.6 is 24.2 Å². The summed E-state index contributed by atoms with van der Waals surface area (Å²) >= 11 is 10.4. The first-order valence-electron chi connectivity index (χ1n) is 5.32. The van der Waals surface area contributed by atoms with E-state index in [2.05, 4.69) is 17.8 Å². The molecule has 0 aliphatic heterocycles. The van der Waals surface area contributed by atoms with Crippen LogP contribution in [0.5, 0.6) is 0 Å². The lowest BCUT2D eigenvalue weighted by atomic mass is 10.0. The van der Waals surface area contributed by atoms with Gasteiger partial charge in [0, 0.05) is 21.8 Å². The van der Waals surface area contributed by atoms with Gasteiger partial charge >= 0.3 is 0 Å². The van der Waals surface area contributed by atoms with Crippen LogP contribution < -0.4 is 5.73 Å². The Kier molecular flexibility index (Phi) is 4.01. The van der Waals surface area contributed by atoms with E-state index < -0.39 is 0 Å². The zero-order valence-electron chi connectivity index (χ0n) is 9.43. The van der Waals surface area contributed by atoms with Crippen LogP contribution in [-0.4, -0.2) is 6.54 Å². The summed E-state index contributed by atoms with van der Waals surface area (Å²) in [5, 5.41) is 5.23. The number of nitroso groups, excluding NO2 is 1. The topological polar surface area (TPSA) is 55.4 Å². The largest absolute Gasteiger partial charge is 0.327 e. The van der Waals surface area contributed by atoms with Gasteiger partial charge in [0.15, 0.2) is 0 Å². The lowest BCUT2D eigenvalue weighted by Gasteiger charge is -2.06. The third-order valence-electron chi connectivity index (χ3n) is 2.61. The number of hydrogen-bond donors (Lipinski definition) is 2. The summed E-state index contributed by atoms with van der Waals surface area (Å²) in [6.45, 7) is 0.430. The number of nitrogens with two attached hydrogens (primary N) is 1.